The van der Waals surface area contributed by atoms with Gasteiger partial charge in [0.15, 0.2) is 6.61 Å². The van der Waals surface area contributed by atoms with Crippen LogP contribution >= 0.6 is 0 Å². The Balaban J connectivity index is 2.25. The summed E-state index contributed by atoms with van der Waals surface area (Å²) in [4.78, 5) is 12.2. The van der Waals surface area contributed by atoms with Gasteiger partial charge < -0.3 is 15.2 Å². The van der Waals surface area contributed by atoms with E-state index in [-0.39, 0.29) is 28.9 Å². The Bertz CT molecular complexity index is 666. The van der Waals surface area contributed by atoms with Crippen molar-refractivity contribution in [3.63, 3.8) is 0 Å². The summed E-state index contributed by atoms with van der Waals surface area (Å²) in [6.45, 7) is 4.24. The van der Waals surface area contributed by atoms with Crippen molar-refractivity contribution in [2.45, 2.75) is 39.4 Å². The van der Waals surface area contributed by atoms with E-state index in [1.807, 2.05) is 13.8 Å². The fraction of sp³-hybridized carbons (Fsp3) is 0.471. The molecule has 1 atom stereocenters. The minimum absolute atomic E-state index is 0.0271. The second kappa shape index (κ2) is 6.75. The maximum Gasteiger partial charge on any atom is 0.422 e. The Labute approximate surface area is 138 Å². The molecule has 1 amide bonds. The first kappa shape index (κ1) is 18.2. The lowest BCUT2D eigenvalue weighted by atomic mass is 9.97. The maximum atomic E-state index is 12.2. The zero-order valence-electron chi connectivity index (χ0n) is 13.7. The lowest BCUT2D eigenvalue weighted by molar-refractivity contribution is -0.153. The molecule has 0 spiro atoms. The molecular formula is C17H20F3NO3. The van der Waals surface area contributed by atoms with E-state index in [4.69, 9.17) is 4.74 Å². The van der Waals surface area contributed by atoms with Gasteiger partial charge in [-0.2, -0.15) is 13.2 Å². The highest BCUT2D eigenvalue weighted by Crippen LogP contribution is 2.31. The molecule has 0 radical (unpaired) electrons. The van der Waals surface area contributed by atoms with E-state index >= 15 is 0 Å². The van der Waals surface area contributed by atoms with Crippen LogP contribution in [0, 0.1) is 12.8 Å². The number of aryl methyl sites for hydroxylation is 1. The van der Waals surface area contributed by atoms with Crippen molar-refractivity contribution in [2.24, 2.45) is 5.92 Å². The van der Waals surface area contributed by atoms with Gasteiger partial charge in [0.25, 0.3) is 5.91 Å². The highest BCUT2D eigenvalue weighted by Gasteiger charge is 2.33. The van der Waals surface area contributed by atoms with Gasteiger partial charge in [-0.25, -0.2) is 0 Å². The molecule has 24 heavy (non-hydrogen) atoms. The summed E-state index contributed by atoms with van der Waals surface area (Å²) in [6, 6.07) is 3.83. The summed E-state index contributed by atoms with van der Waals surface area (Å²) >= 11 is 0. The second-order valence-corrected chi connectivity index (χ2v) is 6.30. The van der Waals surface area contributed by atoms with Crippen molar-refractivity contribution in [3.05, 3.63) is 35.1 Å². The topological polar surface area (TPSA) is 58.6 Å². The molecule has 1 unspecified atom stereocenters. The number of rotatable bonds is 5. The van der Waals surface area contributed by atoms with E-state index in [1.165, 1.54) is 18.2 Å². The predicted octanol–water partition coefficient (Wildman–Crippen LogP) is 3.75. The molecule has 1 aromatic carbocycles. The van der Waals surface area contributed by atoms with Crippen LogP contribution in [0.4, 0.5) is 13.2 Å². The van der Waals surface area contributed by atoms with Gasteiger partial charge in [-0.1, -0.05) is 19.9 Å². The molecule has 0 saturated carbocycles. The van der Waals surface area contributed by atoms with Crippen molar-refractivity contribution in [1.29, 1.82) is 0 Å². The van der Waals surface area contributed by atoms with E-state index in [9.17, 15) is 23.1 Å². The van der Waals surface area contributed by atoms with Crippen LogP contribution in [-0.4, -0.2) is 29.8 Å². The van der Waals surface area contributed by atoms with Crippen LogP contribution in [0.2, 0.25) is 0 Å². The highest BCUT2D eigenvalue weighted by molar-refractivity contribution is 6.23. The molecule has 1 aliphatic heterocycles. The summed E-state index contributed by atoms with van der Waals surface area (Å²) < 4.78 is 41.3. The van der Waals surface area contributed by atoms with Crippen molar-refractivity contribution in [2.75, 3.05) is 6.61 Å². The van der Waals surface area contributed by atoms with E-state index in [2.05, 4.69) is 5.32 Å². The zero-order valence-corrected chi connectivity index (χ0v) is 13.7. The Morgan fingerprint density at radius 3 is 2.54 bits per heavy atom. The quantitative estimate of drug-likeness (QED) is 0.856. The summed E-state index contributed by atoms with van der Waals surface area (Å²) in [5.41, 5.74) is 1.20. The number of hydrogen-bond donors (Lipinski definition) is 2. The number of ether oxygens (including phenoxy) is 1. The SMILES string of the molecule is Cc1cc(OCC(F)(F)F)ccc1C1=C(O)C(CC(C)C)NC1=O. The number of carbonyl (C=O) groups is 1. The average molecular weight is 343 g/mol. The summed E-state index contributed by atoms with van der Waals surface area (Å²) in [7, 11) is 0. The summed E-state index contributed by atoms with van der Waals surface area (Å²) in [5, 5.41) is 13.1. The predicted molar refractivity (Wildman–Crippen MR) is 83.7 cm³/mol. The van der Waals surface area contributed by atoms with Gasteiger partial charge >= 0.3 is 6.18 Å². The molecule has 132 valence electrons. The van der Waals surface area contributed by atoms with Crippen molar-refractivity contribution >= 4 is 11.5 Å². The fourth-order valence-electron chi connectivity index (χ4n) is 2.66. The molecule has 0 bridgehead atoms. The fourth-order valence-corrected chi connectivity index (χ4v) is 2.66. The first-order chi connectivity index (χ1) is 11.1. The number of nitrogens with one attached hydrogen (secondary N) is 1. The Hall–Kier alpha value is -2.18. The van der Waals surface area contributed by atoms with Crippen molar-refractivity contribution in [1.82, 2.24) is 5.32 Å². The summed E-state index contributed by atoms with van der Waals surface area (Å²) in [6.07, 6.45) is -3.81. The number of aliphatic hydroxyl groups excluding tert-OH is 1. The zero-order chi connectivity index (χ0) is 18.1. The molecule has 2 rings (SSSR count). The minimum atomic E-state index is -4.41. The molecule has 1 aliphatic rings. The largest absolute Gasteiger partial charge is 0.509 e. The smallest absolute Gasteiger partial charge is 0.422 e. The van der Waals surface area contributed by atoms with Gasteiger partial charge in [-0.3, -0.25) is 4.79 Å². The lowest BCUT2D eigenvalue weighted by Crippen LogP contribution is -2.30. The molecule has 2 N–H and O–H groups in total. The Morgan fingerprint density at radius 2 is 2.00 bits per heavy atom. The number of aliphatic hydroxyl groups is 1. The second-order valence-electron chi connectivity index (χ2n) is 6.30. The molecule has 0 aliphatic carbocycles. The van der Waals surface area contributed by atoms with Crippen LogP contribution in [-0.2, 0) is 4.79 Å². The van der Waals surface area contributed by atoms with Gasteiger partial charge in [0, 0.05) is 0 Å². The van der Waals surface area contributed by atoms with Crippen LogP contribution < -0.4 is 10.1 Å². The average Bonchev–Trinajstić information content (AvgIpc) is 2.70. The van der Waals surface area contributed by atoms with Crippen LogP contribution in [0.15, 0.2) is 24.0 Å². The monoisotopic (exact) mass is 343 g/mol. The maximum absolute atomic E-state index is 12.2. The minimum Gasteiger partial charge on any atom is -0.509 e. The van der Waals surface area contributed by atoms with Crippen LogP contribution in [0.1, 0.15) is 31.4 Å². The molecule has 1 heterocycles. The molecular weight excluding hydrogens is 323 g/mol. The third-order valence-electron chi connectivity index (χ3n) is 3.70. The number of amides is 1. The molecule has 0 fully saturated rings. The van der Waals surface area contributed by atoms with Gasteiger partial charge in [-0.05, 0) is 42.5 Å². The van der Waals surface area contributed by atoms with E-state index in [0.29, 0.717) is 17.5 Å². The van der Waals surface area contributed by atoms with Crippen LogP contribution in [0.3, 0.4) is 0 Å². The van der Waals surface area contributed by atoms with E-state index < -0.39 is 18.8 Å². The number of carbonyl (C=O) groups excluding carboxylic acids is 1. The molecule has 7 heteroatoms. The first-order valence-corrected chi connectivity index (χ1v) is 7.63. The molecule has 4 nitrogen and oxygen atoms in total. The van der Waals surface area contributed by atoms with E-state index in [1.54, 1.807) is 6.92 Å². The van der Waals surface area contributed by atoms with Crippen molar-refractivity contribution < 1.29 is 27.8 Å². The Morgan fingerprint density at radius 1 is 1.33 bits per heavy atom. The van der Waals surface area contributed by atoms with Crippen LogP contribution in [0.5, 0.6) is 5.75 Å². The number of hydrogen-bond acceptors (Lipinski definition) is 3. The normalized spacial score (nSPS) is 18.3. The van der Waals surface area contributed by atoms with Crippen LogP contribution in [0.25, 0.3) is 5.57 Å². The molecule has 0 aromatic heterocycles. The number of alkyl halides is 3. The molecule has 0 saturated heterocycles. The lowest BCUT2D eigenvalue weighted by Gasteiger charge is -2.13. The Kier molecular flexibility index (Phi) is 5.11. The van der Waals surface area contributed by atoms with Gasteiger partial charge in [0.1, 0.15) is 11.5 Å². The number of benzene rings is 1. The third-order valence-corrected chi connectivity index (χ3v) is 3.70. The van der Waals surface area contributed by atoms with E-state index in [0.717, 1.165) is 0 Å². The van der Waals surface area contributed by atoms with Gasteiger partial charge in [0.2, 0.25) is 0 Å². The van der Waals surface area contributed by atoms with Gasteiger partial charge in [0.05, 0.1) is 11.6 Å². The standard InChI is InChI=1S/C17H20F3NO3/c1-9(2)6-13-15(22)14(16(23)21-13)12-5-4-11(7-10(12)3)24-8-17(18,19)20/h4-5,7,9,13,22H,6,8H2,1-3H3,(H,21,23). The third kappa shape index (κ3) is 4.21. The summed E-state index contributed by atoms with van der Waals surface area (Å²) in [5.74, 6) is -0.0622. The highest BCUT2D eigenvalue weighted by atomic mass is 19.4. The number of halogens is 3. The van der Waals surface area contributed by atoms with Gasteiger partial charge in [-0.15, -0.1) is 0 Å². The molecule has 1 aromatic rings. The van der Waals surface area contributed by atoms with Crippen molar-refractivity contribution in [3.8, 4) is 5.75 Å². The first-order valence-electron chi connectivity index (χ1n) is 7.63.